The molecule has 0 spiro atoms. The first kappa shape index (κ1) is 25.4. The molecule has 0 radical (unpaired) electrons. The molecule has 190 valence electrons. The summed E-state index contributed by atoms with van der Waals surface area (Å²) in [5.74, 6) is -0.300. The number of fused-ring (bicyclic) bond motifs is 1. The molecular formula is C27H37N3O5. The van der Waals surface area contributed by atoms with E-state index in [0.29, 0.717) is 50.1 Å². The third-order valence-corrected chi connectivity index (χ3v) is 7.52. The van der Waals surface area contributed by atoms with Crippen molar-refractivity contribution in [2.24, 2.45) is 5.92 Å². The molecule has 0 aromatic heterocycles. The number of rotatable bonds is 12. The predicted octanol–water partition coefficient (Wildman–Crippen LogP) is 3.87. The summed E-state index contributed by atoms with van der Waals surface area (Å²) in [6, 6.07) is 4.63. The quantitative estimate of drug-likeness (QED) is 0.333. The Morgan fingerprint density at radius 1 is 1.00 bits per heavy atom. The van der Waals surface area contributed by atoms with Crippen LogP contribution in [0.15, 0.2) is 18.2 Å². The molecule has 8 nitrogen and oxygen atoms in total. The Morgan fingerprint density at radius 2 is 1.77 bits per heavy atom. The van der Waals surface area contributed by atoms with Crippen molar-refractivity contribution >= 4 is 23.8 Å². The molecule has 5 amide bonds. The molecule has 2 saturated heterocycles. The number of hydrogen-bond donors (Lipinski definition) is 0. The van der Waals surface area contributed by atoms with Gasteiger partial charge in [0.25, 0.3) is 17.7 Å². The number of nitrogens with zero attached hydrogens (tertiary/aromatic N) is 3. The maximum absolute atomic E-state index is 13.5. The van der Waals surface area contributed by atoms with Crippen LogP contribution in [0.4, 0.5) is 4.79 Å². The highest BCUT2D eigenvalue weighted by Gasteiger charge is 2.45. The topological polar surface area (TPSA) is 87.2 Å². The van der Waals surface area contributed by atoms with E-state index in [9.17, 15) is 19.2 Å². The molecular weight excluding hydrogens is 446 g/mol. The summed E-state index contributed by atoms with van der Waals surface area (Å²) in [4.78, 5) is 56.5. The van der Waals surface area contributed by atoms with Crippen LogP contribution in [0.25, 0.3) is 0 Å². The number of hydrogen-bond acceptors (Lipinski definition) is 5. The fourth-order valence-electron chi connectivity index (χ4n) is 5.49. The second-order valence-corrected chi connectivity index (χ2v) is 10.0. The summed E-state index contributed by atoms with van der Waals surface area (Å²) < 4.78 is 5.24. The molecule has 3 aliphatic rings. The normalized spacial score (nSPS) is 21.2. The number of carbonyl (C=O) groups excluding carboxylic acids is 4. The average molecular weight is 484 g/mol. The van der Waals surface area contributed by atoms with Crippen LogP contribution in [-0.2, 0) is 16.0 Å². The van der Waals surface area contributed by atoms with Gasteiger partial charge >= 0.3 is 6.03 Å². The van der Waals surface area contributed by atoms with Gasteiger partial charge in [0.05, 0.1) is 24.3 Å². The Kier molecular flexibility index (Phi) is 7.89. The molecule has 2 atom stereocenters. The molecule has 35 heavy (non-hydrogen) atoms. The molecule has 0 bridgehead atoms. The lowest BCUT2D eigenvalue weighted by molar-refractivity contribution is -0.128. The maximum Gasteiger partial charge on any atom is 0.327 e. The highest BCUT2D eigenvalue weighted by atomic mass is 16.5. The number of carbonyl (C=O) groups is 4. The average Bonchev–Trinajstić information content (AvgIpc) is 3.19. The van der Waals surface area contributed by atoms with Gasteiger partial charge in [-0.15, -0.1) is 0 Å². The molecule has 1 aromatic carbocycles. The zero-order chi connectivity index (χ0) is 25.1. The van der Waals surface area contributed by atoms with E-state index in [0.717, 1.165) is 37.7 Å². The van der Waals surface area contributed by atoms with Gasteiger partial charge in [0.15, 0.2) is 0 Å². The number of imide groups is 2. The van der Waals surface area contributed by atoms with E-state index in [4.69, 9.17) is 4.74 Å². The van der Waals surface area contributed by atoms with E-state index in [2.05, 4.69) is 6.92 Å². The van der Waals surface area contributed by atoms with Crippen molar-refractivity contribution in [2.75, 3.05) is 26.8 Å². The summed E-state index contributed by atoms with van der Waals surface area (Å²) >= 11 is 0. The molecule has 8 heteroatoms. The Labute approximate surface area is 207 Å². The van der Waals surface area contributed by atoms with Gasteiger partial charge < -0.3 is 9.64 Å². The molecule has 1 aromatic rings. The largest absolute Gasteiger partial charge is 0.381 e. The second-order valence-electron chi connectivity index (χ2n) is 10.0. The highest BCUT2D eigenvalue weighted by molar-refractivity contribution is 6.22. The molecule has 3 aliphatic heterocycles. The number of unbranched alkanes of at least 4 members (excludes halogenated alkanes) is 1. The minimum Gasteiger partial charge on any atom is -0.381 e. The number of benzene rings is 1. The van der Waals surface area contributed by atoms with Gasteiger partial charge in [0.1, 0.15) is 6.04 Å². The zero-order valence-corrected chi connectivity index (χ0v) is 21.1. The van der Waals surface area contributed by atoms with E-state index >= 15 is 0 Å². The Balaban J connectivity index is 1.44. The van der Waals surface area contributed by atoms with Crippen molar-refractivity contribution < 1.29 is 23.9 Å². The van der Waals surface area contributed by atoms with Crippen LogP contribution in [0, 0.1) is 5.92 Å². The van der Waals surface area contributed by atoms with Crippen LogP contribution in [0.5, 0.6) is 0 Å². The van der Waals surface area contributed by atoms with Gasteiger partial charge in [-0.1, -0.05) is 38.8 Å². The van der Waals surface area contributed by atoms with Crippen LogP contribution in [0.2, 0.25) is 0 Å². The monoisotopic (exact) mass is 483 g/mol. The van der Waals surface area contributed by atoms with Gasteiger partial charge in [-0.05, 0) is 50.2 Å². The van der Waals surface area contributed by atoms with Crippen LogP contribution < -0.4 is 0 Å². The number of likely N-dealkylation sites (N-methyl/N-ethyl adjacent to an activating group) is 1. The number of aryl methyl sites for hydroxylation is 1. The van der Waals surface area contributed by atoms with E-state index in [1.165, 1.54) is 16.8 Å². The van der Waals surface area contributed by atoms with Gasteiger partial charge in [0, 0.05) is 25.6 Å². The van der Waals surface area contributed by atoms with Crippen molar-refractivity contribution in [1.82, 2.24) is 14.7 Å². The van der Waals surface area contributed by atoms with E-state index in [1.54, 1.807) is 11.0 Å². The molecule has 3 heterocycles. The third kappa shape index (κ3) is 4.85. The van der Waals surface area contributed by atoms with E-state index in [-0.39, 0.29) is 35.7 Å². The van der Waals surface area contributed by atoms with Crippen molar-refractivity contribution in [3.63, 3.8) is 0 Å². The van der Waals surface area contributed by atoms with Crippen molar-refractivity contribution in [3.8, 4) is 0 Å². The van der Waals surface area contributed by atoms with Crippen molar-refractivity contribution in [1.29, 1.82) is 0 Å². The van der Waals surface area contributed by atoms with Crippen molar-refractivity contribution in [3.05, 3.63) is 34.9 Å². The lowest BCUT2D eigenvalue weighted by atomic mass is 9.98. The fourth-order valence-corrected chi connectivity index (χ4v) is 5.49. The summed E-state index contributed by atoms with van der Waals surface area (Å²) in [5, 5.41) is 0. The van der Waals surface area contributed by atoms with Crippen LogP contribution in [-0.4, -0.2) is 77.3 Å². The summed E-state index contributed by atoms with van der Waals surface area (Å²) in [7, 11) is 1.53. The Morgan fingerprint density at radius 3 is 2.43 bits per heavy atom. The summed E-state index contributed by atoms with van der Waals surface area (Å²) in [6.45, 7) is 5.92. The standard InChI is InChI=1S/C27H37N3O5/c1-4-6-10-19-11-7-13-21-23(19)26(33)30(24(21)31)20(9-5-2)12-8-14-22-25(32)28(3)27(34)29(22)15-18-16-35-17-18/h7,11,13,18,20,22H,4-6,8-10,12,14-17H2,1-3H3/t20-,22?/m1/s1. The SMILES string of the molecule is CCCCc1cccc2c1C(=O)N([C@H](CCC)CCCC1C(=O)N(C)C(=O)N1CC1COC1)C2=O. The second kappa shape index (κ2) is 10.9. The number of ether oxygens (including phenoxy) is 1. The lowest BCUT2D eigenvalue weighted by Gasteiger charge is -2.32. The molecule has 1 unspecified atom stereocenters. The molecule has 0 saturated carbocycles. The van der Waals surface area contributed by atoms with Crippen molar-refractivity contribution in [2.45, 2.75) is 77.3 Å². The number of urea groups is 1. The fraction of sp³-hybridized carbons (Fsp3) is 0.630. The first-order valence-electron chi connectivity index (χ1n) is 13.0. The van der Waals surface area contributed by atoms with E-state index < -0.39 is 6.04 Å². The van der Waals surface area contributed by atoms with Gasteiger partial charge in [0.2, 0.25) is 0 Å². The minimum absolute atomic E-state index is 0.177. The predicted molar refractivity (Wildman–Crippen MR) is 131 cm³/mol. The van der Waals surface area contributed by atoms with Crippen LogP contribution in [0.3, 0.4) is 0 Å². The van der Waals surface area contributed by atoms with Gasteiger partial charge in [-0.25, -0.2) is 4.79 Å². The zero-order valence-electron chi connectivity index (χ0n) is 21.1. The van der Waals surface area contributed by atoms with Crippen LogP contribution >= 0.6 is 0 Å². The summed E-state index contributed by atoms with van der Waals surface area (Å²) in [6.07, 6.45) is 6.14. The van der Waals surface area contributed by atoms with Crippen LogP contribution in [0.1, 0.15) is 85.1 Å². The molecule has 0 N–H and O–H groups in total. The smallest absolute Gasteiger partial charge is 0.327 e. The first-order valence-corrected chi connectivity index (χ1v) is 13.0. The maximum atomic E-state index is 13.5. The first-order chi connectivity index (χ1) is 16.9. The Hall–Kier alpha value is -2.74. The van der Waals surface area contributed by atoms with Gasteiger partial charge in [-0.3, -0.25) is 24.2 Å². The van der Waals surface area contributed by atoms with Gasteiger partial charge in [-0.2, -0.15) is 0 Å². The van der Waals surface area contributed by atoms with E-state index in [1.807, 2.05) is 19.1 Å². The molecule has 4 rings (SSSR count). The minimum atomic E-state index is -0.488. The lowest BCUT2D eigenvalue weighted by Crippen LogP contribution is -2.44. The third-order valence-electron chi connectivity index (χ3n) is 7.52. The summed E-state index contributed by atoms with van der Waals surface area (Å²) in [5.41, 5.74) is 2.03. The molecule has 2 fully saturated rings. The number of amides is 5. The highest BCUT2D eigenvalue weighted by Crippen LogP contribution is 2.32. The Bertz CT molecular complexity index is 989. The molecule has 0 aliphatic carbocycles.